The predicted octanol–water partition coefficient (Wildman–Crippen LogP) is 3.20. The van der Waals surface area contributed by atoms with E-state index in [0.717, 1.165) is 12.1 Å². The lowest BCUT2D eigenvalue weighted by Gasteiger charge is -2.13. The van der Waals surface area contributed by atoms with Crippen LogP contribution in [0.4, 0.5) is 20.2 Å². The first kappa shape index (κ1) is 15.2. The van der Waals surface area contributed by atoms with Gasteiger partial charge in [-0.25, -0.2) is 17.2 Å². The molecule has 0 heterocycles. The van der Waals surface area contributed by atoms with Gasteiger partial charge in [0.05, 0.1) is 11.4 Å². The van der Waals surface area contributed by atoms with Gasteiger partial charge in [0, 0.05) is 6.54 Å². The lowest BCUT2D eigenvalue weighted by molar-refractivity contribution is 0.511. The van der Waals surface area contributed by atoms with Crippen LogP contribution in [0.2, 0.25) is 0 Å². The maximum atomic E-state index is 13.6. The van der Waals surface area contributed by atoms with E-state index in [9.17, 15) is 17.2 Å². The summed E-state index contributed by atoms with van der Waals surface area (Å²) in [7, 11) is -4.02. The number of hydrogen-bond acceptors (Lipinski definition) is 3. The van der Waals surface area contributed by atoms with Gasteiger partial charge in [0.2, 0.25) is 0 Å². The van der Waals surface area contributed by atoms with Crippen molar-refractivity contribution in [1.82, 2.24) is 0 Å². The molecule has 2 aromatic rings. The molecule has 0 aliphatic heterocycles. The van der Waals surface area contributed by atoms with Crippen molar-refractivity contribution >= 4 is 21.4 Å². The second-order valence-electron chi connectivity index (χ2n) is 4.23. The Balaban J connectivity index is 2.41. The van der Waals surface area contributed by atoms with Crippen LogP contribution in [0.1, 0.15) is 6.92 Å². The van der Waals surface area contributed by atoms with Crippen molar-refractivity contribution in [2.75, 3.05) is 16.6 Å². The largest absolute Gasteiger partial charge is 0.384 e. The summed E-state index contributed by atoms with van der Waals surface area (Å²) in [6.07, 6.45) is 0. The van der Waals surface area contributed by atoms with Gasteiger partial charge in [-0.3, -0.25) is 4.72 Å². The summed E-state index contributed by atoms with van der Waals surface area (Å²) in [5.74, 6) is -2.35. The van der Waals surface area contributed by atoms with Crippen LogP contribution >= 0.6 is 0 Å². The van der Waals surface area contributed by atoms with Gasteiger partial charge >= 0.3 is 0 Å². The minimum Gasteiger partial charge on any atom is -0.384 e. The molecule has 2 N–H and O–H groups in total. The molecule has 0 bridgehead atoms. The predicted molar refractivity (Wildman–Crippen MR) is 77.8 cm³/mol. The SMILES string of the molecule is CCNc1ccccc1S(=O)(=O)Nc1cccc(F)c1F. The summed E-state index contributed by atoms with van der Waals surface area (Å²) in [6, 6.07) is 9.52. The Morgan fingerprint density at radius 1 is 1.00 bits per heavy atom. The molecule has 0 unspecified atom stereocenters. The maximum absolute atomic E-state index is 13.6. The fourth-order valence-corrected chi connectivity index (χ4v) is 3.06. The lowest BCUT2D eigenvalue weighted by atomic mass is 10.3. The monoisotopic (exact) mass is 312 g/mol. The van der Waals surface area contributed by atoms with E-state index >= 15 is 0 Å². The van der Waals surface area contributed by atoms with Gasteiger partial charge in [-0.05, 0) is 31.2 Å². The van der Waals surface area contributed by atoms with Gasteiger partial charge in [-0.1, -0.05) is 18.2 Å². The van der Waals surface area contributed by atoms with E-state index in [1.807, 2.05) is 6.92 Å². The van der Waals surface area contributed by atoms with Crippen LogP contribution in [-0.2, 0) is 10.0 Å². The molecule has 0 fully saturated rings. The standard InChI is InChI=1S/C14H14F2N2O2S/c1-2-17-11-7-3-4-9-13(11)21(19,20)18-12-8-5-6-10(15)14(12)16/h3-9,17-18H,2H2,1H3. The fraction of sp³-hybridized carbons (Fsp3) is 0.143. The van der Waals surface area contributed by atoms with Crippen molar-refractivity contribution in [1.29, 1.82) is 0 Å². The number of anilines is 2. The van der Waals surface area contributed by atoms with Gasteiger partial charge in [0.25, 0.3) is 10.0 Å². The molecular weight excluding hydrogens is 298 g/mol. The molecule has 0 aliphatic carbocycles. The summed E-state index contributed by atoms with van der Waals surface area (Å²) in [5, 5.41) is 2.91. The summed E-state index contributed by atoms with van der Waals surface area (Å²) in [6.45, 7) is 2.35. The molecule has 0 aromatic heterocycles. The minimum atomic E-state index is -4.02. The molecule has 21 heavy (non-hydrogen) atoms. The third-order valence-electron chi connectivity index (χ3n) is 2.74. The maximum Gasteiger partial charge on any atom is 0.264 e. The number of benzene rings is 2. The Bertz CT molecular complexity index is 748. The normalized spacial score (nSPS) is 11.2. The molecule has 4 nitrogen and oxygen atoms in total. The van der Waals surface area contributed by atoms with E-state index in [-0.39, 0.29) is 4.90 Å². The quantitative estimate of drug-likeness (QED) is 0.891. The second kappa shape index (κ2) is 6.09. The highest BCUT2D eigenvalue weighted by molar-refractivity contribution is 7.92. The van der Waals surface area contributed by atoms with Gasteiger partial charge in [-0.15, -0.1) is 0 Å². The van der Waals surface area contributed by atoms with Crippen molar-refractivity contribution in [2.24, 2.45) is 0 Å². The number of sulfonamides is 1. The highest BCUT2D eigenvalue weighted by atomic mass is 32.2. The smallest absolute Gasteiger partial charge is 0.264 e. The number of hydrogen-bond donors (Lipinski definition) is 2. The second-order valence-corrected chi connectivity index (χ2v) is 5.88. The Morgan fingerprint density at radius 2 is 1.67 bits per heavy atom. The van der Waals surface area contributed by atoms with E-state index in [4.69, 9.17) is 0 Å². The zero-order valence-electron chi connectivity index (χ0n) is 11.2. The molecule has 2 aromatic carbocycles. The zero-order chi connectivity index (χ0) is 15.5. The van der Waals surface area contributed by atoms with E-state index in [1.54, 1.807) is 18.2 Å². The average Bonchev–Trinajstić information content (AvgIpc) is 2.44. The third kappa shape index (κ3) is 3.30. The molecular formula is C14H14F2N2O2S. The van der Waals surface area contributed by atoms with Crippen molar-refractivity contribution < 1.29 is 17.2 Å². The van der Waals surface area contributed by atoms with Gasteiger partial charge in [0.15, 0.2) is 11.6 Å². The molecule has 0 saturated carbocycles. The van der Waals surface area contributed by atoms with Gasteiger partial charge < -0.3 is 5.32 Å². The minimum absolute atomic E-state index is 0.0319. The van der Waals surface area contributed by atoms with E-state index in [0.29, 0.717) is 12.2 Å². The van der Waals surface area contributed by atoms with Crippen molar-refractivity contribution in [3.05, 3.63) is 54.1 Å². The number of rotatable bonds is 5. The Hall–Kier alpha value is -2.15. The number of nitrogens with one attached hydrogen (secondary N) is 2. The first-order valence-corrected chi connectivity index (χ1v) is 7.73. The van der Waals surface area contributed by atoms with Crippen molar-refractivity contribution in [2.45, 2.75) is 11.8 Å². The third-order valence-corrected chi connectivity index (χ3v) is 4.16. The number of halogens is 2. The lowest BCUT2D eigenvalue weighted by Crippen LogP contribution is -2.16. The highest BCUT2D eigenvalue weighted by Crippen LogP contribution is 2.25. The van der Waals surface area contributed by atoms with Crippen molar-refractivity contribution in [3.8, 4) is 0 Å². The number of para-hydroxylation sites is 1. The molecule has 0 aliphatic rings. The molecule has 0 amide bonds. The molecule has 0 spiro atoms. The summed E-state index contributed by atoms with van der Waals surface area (Å²) >= 11 is 0. The first-order chi connectivity index (χ1) is 9.95. The Labute approximate surface area is 121 Å². The van der Waals surface area contributed by atoms with Crippen LogP contribution in [0.5, 0.6) is 0 Å². The molecule has 112 valence electrons. The topological polar surface area (TPSA) is 58.2 Å². The van der Waals surface area contributed by atoms with Crippen LogP contribution in [0.15, 0.2) is 47.4 Å². The van der Waals surface area contributed by atoms with Crippen LogP contribution < -0.4 is 10.0 Å². The summed E-state index contributed by atoms with van der Waals surface area (Å²) < 4.78 is 53.4. The van der Waals surface area contributed by atoms with Crippen molar-refractivity contribution in [3.63, 3.8) is 0 Å². The van der Waals surface area contributed by atoms with Gasteiger partial charge in [0.1, 0.15) is 4.90 Å². The van der Waals surface area contributed by atoms with Gasteiger partial charge in [-0.2, -0.15) is 0 Å². The highest BCUT2D eigenvalue weighted by Gasteiger charge is 2.20. The van der Waals surface area contributed by atoms with Crippen LogP contribution in [-0.4, -0.2) is 15.0 Å². The van der Waals surface area contributed by atoms with E-state index in [2.05, 4.69) is 10.0 Å². The zero-order valence-corrected chi connectivity index (χ0v) is 12.0. The Kier molecular flexibility index (Phi) is 4.42. The van der Waals surface area contributed by atoms with E-state index < -0.39 is 27.3 Å². The molecule has 0 saturated heterocycles. The van der Waals surface area contributed by atoms with Crippen LogP contribution in [0.3, 0.4) is 0 Å². The molecule has 2 rings (SSSR count). The fourth-order valence-electron chi connectivity index (χ4n) is 1.82. The average molecular weight is 312 g/mol. The summed E-state index contributed by atoms with van der Waals surface area (Å²) in [5.41, 5.74) is -0.0365. The summed E-state index contributed by atoms with van der Waals surface area (Å²) in [4.78, 5) is -0.0319. The van der Waals surface area contributed by atoms with Crippen LogP contribution in [0.25, 0.3) is 0 Å². The molecule has 7 heteroatoms. The molecule has 0 radical (unpaired) electrons. The Morgan fingerprint density at radius 3 is 2.38 bits per heavy atom. The molecule has 0 atom stereocenters. The van der Waals surface area contributed by atoms with E-state index in [1.165, 1.54) is 12.1 Å². The van der Waals surface area contributed by atoms with Crippen LogP contribution in [0, 0.1) is 11.6 Å². The first-order valence-electron chi connectivity index (χ1n) is 6.25.